The zero-order valence-electron chi connectivity index (χ0n) is 11.1. The third-order valence-electron chi connectivity index (χ3n) is 3.23. The number of aromatic nitrogens is 2. The lowest BCUT2D eigenvalue weighted by molar-refractivity contribution is 0.248. The summed E-state index contributed by atoms with van der Waals surface area (Å²) in [4.78, 5) is 12.3. The van der Waals surface area contributed by atoms with Crippen molar-refractivity contribution in [2.45, 2.75) is 32.9 Å². The van der Waals surface area contributed by atoms with Crippen LogP contribution in [0.3, 0.4) is 0 Å². The molecule has 0 aliphatic rings. The van der Waals surface area contributed by atoms with E-state index in [-0.39, 0.29) is 0 Å². The number of likely N-dealkylation sites (N-methyl/N-ethyl adjacent to an activating group) is 1. The predicted molar refractivity (Wildman–Crippen MR) is 75.7 cm³/mol. The maximum absolute atomic E-state index is 4.33. The molecule has 3 nitrogen and oxygen atoms in total. The van der Waals surface area contributed by atoms with Crippen LogP contribution >= 0.6 is 11.3 Å². The van der Waals surface area contributed by atoms with Crippen molar-refractivity contribution < 1.29 is 0 Å². The van der Waals surface area contributed by atoms with Gasteiger partial charge in [0.05, 0.1) is 5.69 Å². The molecule has 2 rings (SSSR count). The Labute approximate surface area is 113 Å². The zero-order chi connectivity index (χ0) is 13.0. The molecule has 96 valence electrons. The van der Waals surface area contributed by atoms with Crippen LogP contribution in [0.1, 0.15) is 23.1 Å². The fourth-order valence-corrected chi connectivity index (χ4v) is 2.81. The molecule has 0 amide bonds. The molecule has 2 aromatic rings. The van der Waals surface area contributed by atoms with Gasteiger partial charge in [-0.3, -0.25) is 14.9 Å². The van der Waals surface area contributed by atoms with Crippen molar-refractivity contribution in [2.75, 3.05) is 7.05 Å². The summed E-state index contributed by atoms with van der Waals surface area (Å²) in [6.45, 7) is 5.41. The molecule has 1 atom stereocenters. The Balaban J connectivity index is 1.93. The smallest absolute Gasteiger partial charge is 0.0602 e. The van der Waals surface area contributed by atoms with E-state index in [1.54, 1.807) is 12.4 Å². The summed E-state index contributed by atoms with van der Waals surface area (Å²) in [5, 5.41) is 2.16. The number of nitrogens with zero attached hydrogens (tertiary/aromatic N) is 3. The van der Waals surface area contributed by atoms with Crippen LogP contribution in [-0.2, 0) is 13.0 Å². The van der Waals surface area contributed by atoms with Gasteiger partial charge in [0.2, 0.25) is 0 Å². The fraction of sp³-hybridized carbons (Fsp3) is 0.429. The molecular weight excluding hydrogens is 242 g/mol. The lowest BCUT2D eigenvalue weighted by Gasteiger charge is -2.24. The highest BCUT2D eigenvalue weighted by Crippen LogP contribution is 2.18. The quantitative estimate of drug-likeness (QED) is 0.828. The highest BCUT2D eigenvalue weighted by Gasteiger charge is 2.12. The number of aryl methyl sites for hydroxylation is 1. The summed E-state index contributed by atoms with van der Waals surface area (Å²) >= 11 is 1.83. The first-order chi connectivity index (χ1) is 8.66. The summed E-state index contributed by atoms with van der Waals surface area (Å²) in [6, 6.07) is 2.64. The molecule has 0 aliphatic carbocycles. The van der Waals surface area contributed by atoms with Gasteiger partial charge in [-0.15, -0.1) is 11.3 Å². The topological polar surface area (TPSA) is 29.0 Å². The number of hydrogen-bond acceptors (Lipinski definition) is 4. The van der Waals surface area contributed by atoms with Gasteiger partial charge in [0.25, 0.3) is 0 Å². The Morgan fingerprint density at radius 3 is 2.83 bits per heavy atom. The Hall–Kier alpha value is -1.26. The van der Waals surface area contributed by atoms with Gasteiger partial charge in [0.1, 0.15) is 0 Å². The normalized spacial score (nSPS) is 12.9. The van der Waals surface area contributed by atoms with Crippen molar-refractivity contribution in [3.63, 3.8) is 0 Å². The summed E-state index contributed by atoms with van der Waals surface area (Å²) in [5.41, 5.74) is 2.44. The van der Waals surface area contributed by atoms with E-state index in [1.807, 2.05) is 17.5 Å². The van der Waals surface area contributed by atoms with Crippen LogP contribution in [0, 0.1) is 6.92 Å². The van der Waals surface area contributed by atoms with Crippen molar-refractivity contribution >= 4 is 11.3 Å². The van der Waals surface area contributed by atoms with Crippen LogP contribution < -0.4 is 0 Å². The lowest BCUT2D eigenvalue weighted by atomic mass is 10.1. The van der Waals surface area contributed by atoms with E-state index in [0.29, 0.717) is 6.04 Å². The predicted octanol–water partition coefficient (Wildman–Crippen LogP) is 2.91. The molecule has 0 aromatic carbocycles. The van der Waals surface area contributed by atoms with Crippen molar-refractivity contribution in [2.24, 2.45) is 0 Å². The second-order valence-electron chi connectivity index (χ2n) is 4.69. The van der Waals surface area contributed by atoms with Crippen LogP contribution in [0.4, 0.5) is 0 Å². The maximum Gasteiger partial charge on any atom is 0.0602 e. The number of thiophene rings is 1. The van der Waals surface area contributed by atoms with E-state index in [2.05, 4.69) is 47.2 Å². The zero-order valence-corrected chi connectivity index (χ0v) is 11.9. The molecule has 0 aliphatic heterocycles. The fourth-order valence-electron chi connectivity index (χ4n) is 1.84. The summed E-state index contributed by atoms with van der Waals surface area (Å²) in [7, 11) is 2.17. The van der Waals surface area contributed by atoms with Gasteiger partial charge in [-0.2, -0.15) is 0 Å². The summed E-state index contributed by atoms with van der Waals surface area (Å²) in [5.74, 6) is 0. The third-order valence-corrected chi connectivity index (χ3v) is 4.24. The first-order valence-electron chi connectivity index (χ1n) is 6.15. The Bertz CT molecular complexity index is 481. The minimum absolute atomic E-state index is 0.461. The van der Waals surface area contributed by atoms with Gasteiger partial charge >= 0.3 is 0 Å². The molecule has 0 fully saturated rings. The standard InChI is InChI=1S/C14H19N3S/c1-11-4-7-18-14(11)10-17(3)12(2)8-13-9-15-5-6-16-13/h4-7,9,12H,8,10H2,1-3H3/t12-/m0/s1. The molecule has 0 radical (unpaired) electrons. The van der Waals surface area contributed by atoms with E-state index in [4.69, 9.17) is 0 Å². The van der Waals surface area contributed by atoms with Crippen LogP contribution in [-0.4, -0.2) is 28.0 Å². The molecule has 0 saturated carbocycles. The molecule has 4 heteroatoms. The van der Waals surface area contributed by atoms with E-state index in [1.165, 1.54) is 10.4 Å². The lowest BCUT2D eigenvalue weighted by Crippen LogP contribution is -2.30. The van der Waals surface area contributed by atoms with Crippen LogP contribution in [0.15, 0.2) is 30.0 Å². The summed E-state index contributed by atoms with van der Waals surface area (Å²) < 4.78 is 0. The van der Waals surface area contributed by atoms with Crippen molar-refractivity contribution in [3.05, 3.63) is 46.2 Å². The minimum atomic E-state index is 0.461. The van der Waals surface area contributed by atoms with Crippen molar-refractivity contribution in [1.82, 2.24) is 14.9 Å². The molecule has 2 aromatic heterocycles. The van der Waals surface area contributed by atoms with Gasteiger partial charge in [-0.1, -0.05) is 0 Å². The van der Waals surface area contributed by atoms with Crippen LogP contribution in [0.5, 0.6) is 0 Å². The first kappa shape index (κ1) is 13.2. The maximum atomic E-state index is 4.33. The third kappa shape index (κ3) is 3.37. The Kier molecular flexibility index (Phi) is 4.44. The average Bonchev–Trinajstić information content (AvgIpc) is 2.76. The van der Waals surface area contributed by atoms with Gasteiger partial charge in [-0.05, 0) is 37.9 Å². The molecule has 0 unspecified atom stereocenters. The number of rotatable bonds is 5. The monoisotopic (exact) mass is 261 g/mol. The molecule has 0 bridgehead atoms. The second kappa shape index (κ2) is 6.07. The van der Waals surface area contributed by atoms with E-state index < -0.39 is 0 Å². The molecule has 0 saturated heterocycles. The van der Waals surface area contributed by atoms with Gasteiger partial charge in [-0.25, -0.2) is 0 Å². The summed E-state index contributed by atoms with van der Waals surface area (Å²) in [6.07, 6.45) is 6.26. The molecule has 2 heterocycles. The van der Waals surface area contributed by atoms with Crippen molar-refractivity contribution in [1.29, 1.82) is 0 Å². The first-order valence-corrected chi connectivity index (χ1v) is 7.03. The molecule has 18 heavy (non-hydrogen) atoms. The Morgan fingerprint density at radius 2 is 2.22 bits per heavy atom. The van der Waals surface area contributed by atoms with E-state index in [9.17, 15) is 0 Å². The number of hydrogen-bond donors (Lipinski definition) is 0. The van der Waals surface area contributed by atoms with Crippen LogP contribution in [0.2, 0.25) is 0 Å². The molecule has 0 N–H and O–H groups in total. The highest BCUT2D eigenvalue weighted by molar-refractivity contribution is 7.10. The van der Waals surface area contributed by atoms with E-state index in [0.717, 1.165) is 18.7 Å². The second-order valence-corrected chi connectivity index (χ2v) is 5.69. The molecule has 0 spiro atoms. The largest absolute Gasteiger partial charge is 0.298 e. The van der Waals surface area contributed by atoms with Gasteiger partial charge in [0, 0.05) is 42.5 Å². The van der Waals surface area contributed by atoms with Crippen molar-refractivity contribution in [3.8, 4) is 0 Å². The SMILES string of the molecule is Cc1ccsc1CN(C)[C@@H](C)Cc1cnccn1. The van der Waals surface area contributed by atoms with E-state index >= 15 is 0 Å². The molecular formula is C14H19N3S. The average molecular weight is 261 g/mol. The van der Waals surface area contributed by atoms with Gasteiger partial charge < -0.3 is 0 Å². The minimum Gasteiger partial charge on any atom is -0.298 e. The van der Waals surface area contributed by atoms with Gasteiger partial charge in [0.15, 0.2) is 0 Å². The highest BCUT2D eigenvalue weighted by atomic mass is 32.1. The van der Waals surface area contributed by atoms with Crippen LogP contribution in [0.25, 0.3) is 0 Å². The Morgan fingerprint density at radius 1 is 1.39 bits per heavy atom.